The zero-order valence-corrected chi connectivity index (χ0v) is 8.18. The molecule has 0 fully saturated rings. The molecule has 4 heteroatoms. The highest BCUT2D eigenvalue weighted by atomic mass is 16.6. The van der Waals surface area contributed by atoms with Gasteiger partial charge in [-0.25, -0.2) is 0 Å². The van der Waals surface area contributed by atoms with E-state index in [0.29, 0.717) is 11.5 Å². The molecule has 0 aliphatic rings. The first-order valence-corrected chi connectivity index (χ1v) is 4.31. The summed E-state index contributed by atoms with van der Waals surface area (Å²) in [4.78, 5) is 0. The Bertz CT molecular complexity index is 285. The summed E-state index contributed by atoms with van der Waals surface area (Å²) in [6.45, 7) is 1.44. The number of methoxy groups -OCH3 is 1. The van der Waals surface area contributed by atoms with Gasteiger partial charge in [0, 0.05) is 0 Å². The van der Waals surface area contributed by atoms with Gasteiger partial charge in [-0.1, -0.05) is 12.1 Å². The van der Waals surface area contributed by atoms with Crippen LogP contribution in [0.5, 0.6) is 11.5 Å². The van der Waals surface area contributed by atoms with Crippen molar-refractivity contribution in [2.24, 2.45) is 0 Å². The first-order chi connectivity index (χ1) is 6.65. The molecule has 0 spiro atoms. The third-order valence-electron chi connectivity index (χ3n) is 1.73. The largest absolute Gasteiger partial charge is 0.493 e. The second-order valence-electron chi connectivity index (χ2n) is 2.90. The minimum Gasteiger partial charge on any atom is -0.493 e. The lowest BCUT2D eigenvalue weighted by Gasteiger charge is -2.17. The second kappa shape index (κ2) is 4.83. The highest BCUT2D eigenvalue weighted by molar-refractivity contribution is 5.39. The van der Waals surface area contributed by atoms with Gasteiger partial charge in [0.2, 0.25) is 6.29 Å². The first kappa shape index (κ1) is 10.8. The fourth-order valence-corrected chi connectivity index (χ4v) is 0.945. The summed E-state index contributed by atoms with van der Waals surface area (Å²) in [6, 6.07) is 6.92. The van der Waals surface area contributed by atoms with Crippen molar-refractivity contribution in [3.63, 3.8) is 0 Å². The average molecular weight is 198 g/mol. The Labute approximate surface area is 82.7 Å². The fraction of sp³-hybridized carbons (Fsp3) is 0.400. The summed E-state index contributed by atoms with van der Waals surface area (Å²) in [6.07, 6.45) is -2.19. The van der Waals surface area contributed by atoms with Crippen molar-refractivity contribution in [1.29, 1.82) is 0 Å². The van der Waals surface area contributed by atoms with Crippen molar-refractivity contribution in [3.8, 4) is 11.5 Å². The monoisotopic (exact) mass is 198 g/mol. The maximum Gasteiger partial charge on any atom is 0.223 e. The molecule has 2 N–H and O–H groups in total. The molecule has 0 radical (unpaired) electrons. The Morgan fingerprint density at radius 3 is 2.21 bits per heavy atom. The Balaban J connectivity index is 2.75. The third kappa shape index (κ3) is 2.61. The van der Waals surface area contributed by atoms with Crippen molar-refractivity contribution in [2.45, 2.75) is 19.3 Å². The van der Waals surface area contributed by atoms with Gasteiger partial charge in [0.25, 0.3) is 0 Å². The van der Waals surface area contributed by atoms with E-state index < -0.39 is 12.4 Å². The Morgan fingerprint density at radius 2 is 1.71 bits per heavy atom. The van der Waals surface area contributed by atoms with E-state index in [1.165, 1.54) is 14.0 Å². The number of hydrogen-bond acceptors (Lipinski definition) is 4. The van der Waals surface area contributed by atoms with Crippen LogP contribution in [-0.2, 0) is 0 Å². The van der Waals surface area contributed by atoms with E-state index in [9.17, 15) is 5.11 Å². The number of hydrogen-bond donors (Lipinski definition) is 2. The van der Waals surface area contributed by atoms with Crippen LogP contribution in [0, 0.1) is 0 Å². The summed E-state index contributed by atoms with van der Waals surface area (Å²) >= 11 is 0. The van der Waals surface area contributed by atoms with Crippen LogP contribution in [0.15, 0.2) is 24.3 Å². The van der Waals surface area contributed by atoms with Gasteiger partial charge in [-0.3, -0.25) is 0 Å². The zero-order chi connectivity index (χ0) is 10.6. The van der Waals surface area contributed by atoms with Gasteiger partial charge in [-0.05, 0) is 19.1 Å². The summed E-state index contributed by atoms with van der Waals surface area (Å²) in [5.41, 5.74) is 0. The van der Waals surface area contributed by atoms with Crippen LogP contribution >= 0.6 is 0 Å². The molecule has 0 saturated carbocycles. The SMILES string of the molecule is COc1ccccc1OC(O)C(C)O. The molecule has 1 rings (SSSR count). The molecule has 0 heterocycles. The maximum absolute atomic E-state index is 9.27. The topological polar surface area (TPSA) is 58.9 Å². The van der Waals surface area contributed by atoms with E-state index >= 15 is 0 Å². The van der Waals surface area contributed by atoms with E-state index in [2.05, 4.69) is 0 Å². The van der Waals surface area contributed by atoms with Gasteiger partial charge in [-0.15, -0.1) is 0 Å². The molecule has 0 amide bonds. The Morgan fingerprint density at radius 1 is 1.14 bits per heavy atom. The lowest BCUT2D eigenvalue weighted by Crippen LogP contribution is -2.28. The molecule has 0 bridgehead atoms. The molecular formula is C10H14O4. The first-order valence-electron chi connectivity index (χ1n) is 4.31. The van der Waals surface area contributed by atoms with Gasteiger partial charge >= 0.3 is 0 Å². The lowest BCUT2D eigenvalue weighted by molar-refractivity contribution is -0.0967. The van der Waals surface area contributed by atoms with Crippen LogP contribution in [0.25, 0.3) is 0 Å². The molecular weight excluding hydrogens is 184 g/mol. The molecule has 14 heavy (non-hydrogen) atoms. The third-order valence-corrected chi connectivity index (χ3v) is 1.73. The number of para-hydroxylation sites is 2. The van der Waals surface area contributed by atoms with Gasteiger partial charge in [-0.2, -0.15) is 0 Å². The number of benzene rings is 1. The van der Waals surface area contributed by atoms with Gasteiger partial charge in [0.1, 0.15) is 6.10 Å². The second-order valence-corrected chi connectivity index (χ2v) is 2.90. The Hall–Kier alpha value is -1.26. The number of aliphatic hydroxyl groups excluding tert-OH is 2. The van der Waals surface area contributed by atoms with Gasteiger partial charge in [0.05, 0.1) is 7.11 Å². The standard InChI is InChI=1S/C10H14O4/c1-7(11)10(12)14-9-6-4-3-5-8(9)13-2/h3-7,10-12H,1-2H3. The number of rotatable bonds is 4. The average Bonchev–Trinajstić information content (AvgIpc) is 2.18. The highest BCUT2D eigenvalue weighted by Crippen LogP contribution is 2.26. The van der Waals surface area contributed by atoms with E-state index in [1.54, 1.807) is 24.3 Å². The molecule has 1 aromatic carbocycles. The van der Waals surface area contributed by atoms with E-state index in [-0.39, 0.29) is 0 Å². The van der Waals surface area contributed by atoms with Crippen LogP contribution in [-0.4, -0.2) is 29.7 Å². The predicted octanol–water partition coefficient (Wildman–Crippen LogP) is 0.773. The van der Waals surface area contributed by atoms with Crippen LogP contribution in [0.2, 0.25) is 0 Å². The minimum absolute atomic E-state index is 0.406. The number of aliphatic hydroxyl groups is 2. The molecule has 78 valence electrons. The zero-order valence-electron chi connectivity index (χ0n) is 8.18. The maximum atomic E-state index is 9.27. The molecule has 0 aliphatic heterocycles. The summed E-state index contributed by atoms with van der Waals surface area (Å²) < 4.78 is 10.1. The highest BCUT2D eigenvalue weighted by Gasteiger charge is 2.14. The summed E-state index contributed by atoms with van der Waals surface area (Å²) in [7, 11) is 1.51. The number of ether oxygens (including phenoxy) is 2. The van der Waals surface area contributed by atoms with Crippen LogP contribution in [0.1, 0.15) is 6.92 Å². The lowest BCUT2D eigenvalue weighted by atomic mass is 10.3. The van der Waals surface area contributed by atoms with Crippen LogP contribution < -0.4 is 9.47 Å². The smallest absolute Gasteiger partial charge is 0.223 e. The summed E-state index contributed by atoms with van der Waals surface area (Å²) in [5, 5.41) is 18.3. The molecule has 0 aliphatic carbocycles. The molecule has 0 aromatic heterocycles. The Kier molecular flexibility index (Phi) is 3.73. The molecule has 1 aromatic rings. The van der Waals surface area contributed by atoms with Crippen molar-refractivity contribution in [2.75, 3.05) is 7.11 Å². The fourth-order valence-electron chi connectivity index (χ4n) is 0.945. The normalized spacial score (nSPS) is 14.6. The van der Waals surface area contributed by atoms with E-state index in [1.807, 2.05) is 0 Å². The minimum atomic E-state index is -1.24. The molecule has 0 saturated heterocycles. The van der Waals surface area contributed by atoms with Crippen LogP contribution in [0.3, 0.4) is 0 Å². The molecule has 4 nitrogen and oxygen atoms in total. The quantitative estimate of drug-likeness (QED) is 0.702. The predicted molar refractivity (Wildman–Crippen MR) is 51.3 cm³/mol. The van der Waals surface area contributed by atoms with Crippen molar-refractivity contribution < 1.29 is 19.7 Å². The van der Waals surface area contributed by atoms with Gasteiger partial charge < -0.3 is 19.7 Å². The summed E-state index contributed by atoms with van der Waals surface area (Å²) in [5.74, 6) is 0.926. The molecule has 2 unspecified atom stereocenters. The van der Waals surface area contributed by atoms with Gasteiger partial charge in [0.15, 0.2) is 11.5 Å². The van der Waals surface area contributed by atoms with Crippen LogP contribution in [0.4, 0.5) is 0 Å². The van der Waals surface area contributed by atoms with Crippen molar-refractivity contribution in [3.05, 3.63) is 24.3 Å². The van der Waals surface area contributed by atoms with Crippen molar-refractivity contribution >= 4 is 0 Å². The van der Waals surface area contributed by atoms with E-state index in [0.717, 1.165) is 0 Å². The molecule has 2 atom stereocenters. The van der Waals surface area contributed by atoms with Crippen molar-refractivity contribution in [1.82, 2.24) is 0 Å². The van der Waals surface area contributed by atoms with E-state index in [4.69, 9.17) is 14.6 Å².